The van der Waals surface area contributed by atoms with E-state index in [1.807, 2.05) is 36.4 Å². The first-order valence-electron chi connectivity index (χ1n) is 8.73. The molecular formula is C21H21NO4. The summed E-state index contributed by atoms with van der Waals surface area (Å²) in [5.74, 6) is -2.04. The fourth-order valence-electron chi connectivity index (χ4n) is 3.65. The SMILES string of the molecule is CCOC(=O)[C@]1(CC)C(=O)C(=O)N(c2ccccc2)[C@@H]1c1ccccc1. The third-order valence-electron chi connectivity index (χ3n) is 4.89. The van der Waals surface area contributed by atoms with E-state index in [1.165, 1.54) is 4.90 Å². The Morgan fingerprint density at radius 1 is 1.00 bits per heavy atom. The molecule has 0 spiro atoms. The summed E-state index contributed by atoms with van der Waals surface area (Å²) in [6.07, 6.45) is 0.180. The van der Waals surface area contributed by atoms with E-state index < -0.39 is 29.1 Å². The van der Waals surface area contributed by atoms with Crippen molar-refractivity contribution in [1.29, 1.82) is 0 Å². The van der Waals surface area contributed by atoms with Crippen molar-refractivity contribution in [1.82, 2.24) is 0 Å². The number of carbonyl (C=O) groups excluding carboxylic acids is 3. The van der Waals surface area contributed by atoms with Crippen LogP contribution in [-0.2, 0) is 19.1 Å². The lowest BCUT2D eigenvalue weighted by Gasteiger charge is -2.34. The minimum Gasteiger partial charge on any atom is -0.465 e. The van der Waals surface area contributed by atoms with Gasteiger partial charge >= 0.3 is 5.97 Å². The monoisotopic (exact) mass is 351 g/mol. The number of benzene rings is 2. The number of hydrogen-bond acceptors (Lipinski definition) is 4. The number of anilines is 1. The van der Waals surface area contributed by atoms with Crippen molar-refractivity contribution >= 4 is 23.3 Å². The highest BCUT2D eigenvalue weighted by molar-refractivity contribution is 6.49. The van der Waals surface area contributed by atoms with Crippen molar-refractivity contribution in [3.8, 4) is 0 Å². The smallest absolute Gasteiger partial charge is 0.322 e. The predicted molar refractivity (Wildman–Crippen MR) is 97.5 cm³/mol. The van der Waals surface area contributed by atoms with Crippen LogP contribution in [0.2, 0.25) is 0 Å². The number of ketones is 1. The molecular weight excluding hydrogens is 330 g/mol. The fraction of sp³-hybridized carbons (Fsp3) is 0.286. The van der Waals surface area contributed by atoms with E-state index >= 15 is 0 Å². The molecule has 0 aromatic heterocycles. The molecule has 1 aliphatic heterocycles. The number of nitrogens with zero attached hydrogens (tertiary/aromatic N) is 1. The molecule has 0 radical (unpaired) electrons. The summed E-state index contributed by atoms with van der Waals surface area (Å²) >= 11 is 0. The largest absolute Gasteiger partial charge is 0.465 e. The zero-order valence-corrected chi connectivity index (χ0v) is 14.8. The van der Waals surface area contributed by atoms with E-state index in [0.29, 0.717) is 5.69 Å². The molecule has 0 aliphatic carbocycles. The maximum atomic E-state index is 13.1. The highest BCUT2D eigenvalue weighted by atomic mass is 16.5. The second kappa shape index (κ2) is 7.12. The lowest BCUT2D eigenvalue weighted by molar-refractivity contribution is -0.161. The molecule has 3 rings (SSSR count). The Kier molecular flexibility index (Phi) is 4.89. The zero-order chi connectivity index (χ0) is 18.7. The van der Waals surface area contributed by atoms with Crippen molar-refractivity contribution in [2.45, 2.75) is 26.3 Å². The fourth-order valence-corrected chi connectivity index (χ4v) is 3.65. The molecule has 5 nitrogen and oxygen atoms in total. The highest BCUT2D eigenvalue weighted by Crippen LogP contribution is 2.50. The summed E-state index contributed by atoms with van der Waals surface area (Å²) in [6, 6.07) is 17.4. The quantitative estimate of drug-likeness (QED) is 0.471. The van der Waals surface area contributed by atoms with Crippen LogP contribution in [0.25, 0.3) is 0 Å². The Balaban J connectivity index is 2.24. The van der Waals surface area contributed by atoms with E-state index in [-0.39, 0.29) is 13.0 Å². The summed E-state index contributed by atoms with van der Waals surface area (Å²) in [4.78, 5) is 40.3. The van der Waals surface area contributed by atoms with Gasteiger partial charge in [0.1, 0.15) is 0 Å². The first-order chi connectivity index (χ1) is 12.6. The van der Waals surface area contributed by atoms with Gasteiger partial charge in [-0.3, -0.25) is 19.3 Å². The van der Waals surface area contributed by atoms with Gasteiger partial charge in [0.15, 0.2) is 5.41 Å². The number of hydrogen-bond donors (Lipinski definition) is 0. The lowest BCUT2D eigenvalue weighted by atomic mass is 9.74. The van der Waals surface area contributed by atoms with Crippen molar-refractivity contribution in [3.05, 3.63) is 66.2 Å². The van der Waals surface area contributed by atoms with Crippen molar-refractivity contribution in [2.75, 3.05) is 11.5 Å². The van der Waals surface area contributed by atoms with Gasteiger partial charge in [0.25, 0.3) is 5.91 Å². The number of amides is 1. The van der Waals surface area contributed by atoms with Crippen LogP contribution in [0.5, 0.6) is 0 Å². The molecule has 1 saturated heterocycles. The Morgan fingerprint density at radius 2 is 1.58 bits per heavy atom. The van der Waals surface area contributed by atoms with Gasteiger partial charge in [-0.1, -0.05) is 55.5 Å². The molecule has 0 N–H and O–H groups in total. The van der Waals surface area contributed by atoms with Gasteiger partial charge in [-0.15, -0.1) is 0 Å². The molecule has 1 heterocycles. The van der Waals surface area contributed by atoms with Gasteiger partial charge < -0.3 is 4.74 Å². The van der Waals surface area contributed by atoms with Gasteiger partial charge in [0.2, 0.25) is 5.78 Å². The zero-order valence-electron chi connectivity index (χ0n) is 14.8. The Labute approximate surface area is 152 Å². The minimum absolute atomic E-state index is 0.148. The van der Waals surface area contributed by atoms with Crippen LogP contribution in [-0.4, -0.2) is 24.3 Å². The average Bonchev–Trinajstić information content (AvgIpc) is 2.91. The van der Waals surface area contributed by atoms with Gasteiger partial charge in [0, 0.05) is 5.69 Å². The summed E-state index contributed by atoms with van der Waals surface area (Å²) in [5.41, 5.74) is -0.241. The van der Waals surface area contributed by atoms with E-state index in [0.717, 1.165) is 5.56 Å². The average molecular weight is 351 g/mol. The molecule has 1 amide bonds. The Bertz CT molecular complexity index is 818. The summed E-state index contributed by atoms with van der Waals surface area (Å²) in [5, 5.41) is 0. The molecule has 0 bridgehead atoms. The van der Waals surface area contributed by atoms with Crippen LogP contribution < -0.4 is 4.90 Å². The molecule has 2 atom stereocenters. The topological polar surface area (TPSA) is 63.7 Å². The molecule has 1 aliphatic rings. The van der Waals surface area contributed by atoms with E-state index in [9.17, 15) is 14.4 Å². The second-order valence-electron chi connectivity index (χ2n) is 6.20. The summed E-state index contributed by atoms with van der Waals surface area (Å²) in [6.45, 7) is 3.58. The van der Waals surface area contributed by atoms with Crippen LogP contribution in [0.4, 0.5) is 5.69 Å². The van der Waals surface area contributed by atoms with E-state index in [4.69, 9.17) is 4.74 Å². The number of carbonyl (C=O) groups is 3. The Hall–Kier alpha value is -2.95. The third-order valence-corrected chi connectivity index (χ3v) is 4.89. The van der Waals surface area contributed by atoms with Crippen molar-refractivity contribution in [3.63, 3.8) is 0 Å². The van der Waals surface area contributed by atoms with Gasteiger partial charge in [-0.2, -0.15) is 0 Å². The minimum atomic E-state index is -1.55. The number of ether oxygens (including phenoxy) is 1. The van der Waals surface area contributed by atoms with Gasteiger partial charge in [0.05, 0.1) is 12.6 Å². The number of para-hydroxylation sites is 1. The van der Waals surface area contributed by atoms with Crippen LogP contribution in [0.1, 0.15) is 31.9 Å². The number of rotatable bonds is 5. The molecule has 134 valence electrons. The molecule has 5 heteroatoms. The standard InChI is InChI=1S/C21H21NO4/c1-3-21(20(25)26-4-2)17(15-11-7-5-8-12-15)22(19(24)18(21)23)16-13-9-6-10-14-16/h5-14,17H,3-4H2,1-2H3/t17-,21+/m1/s1. The third kappa shape index (κ3) is 2.60. The van der Waals surface area contributed by atoms with Crippen molar-refractivity contribution in [2.24, 2.45) is 5.41 Å². The molecule has 26 heavy (non-hydrogen) atoms. The van der Waals surface area contributed by atoms with Crippen molar-refractivity contribution < 1.29 is 19.1 Å². The van der Waals surface area contributed by atoms with Crippen LogP contribution in [0.3, 0.4) is 0 Å². The van der Waals surface area contributed by atoms with Crippen LogP contribution in [0, 0.1) is 5.41 Å². The van der Waals surface area contributed by atoms with Crippen LogP contribution in [0.15, 0.2) is 60.7 Å². The first-order valence-corrected chi connectivity index (χ1v) is 8.73. The number of Topliss-reactive ketones (excluding diaryl/α,β-unsaturated/α-hetero) is 1. The predicted octanol–water partition coefficient (Wildman–Crippen LogP) is 3.30. The van der Waals surface area contributed by atoms with Crippen LogP contribution >= 0.6 is 0 Å². The van der Waals surface area contributed by atoms with E-state index in [2.05, 4.69) is 0 Å². The summed E-state index contributed by atoms with van der Waals surface area (Å²) in [7, 11) is 0. The maximum absolute atomic E-state index is 13.1. The molecule has 1 fully saturated rings. The second-order valence-corrected chi connectivity index (χ2v) is 6.20. The van der Waals surface area contributed by atoms with Gasteiger partial charge in [-0.25, -0.2) is 0 Å². The van der Waals surface area contributed by atoms with E-state index in [1.54, 1.807) is 38.1 Å². The molecule has 2 aromatic rings. The molecule has 2 aromatic carbocycles. The highest BCUT2D eigenvalue weighted by Gasteiger charge is 2.64. The summed E-state index contributed by atoms with van der Waals surface area (Å²) < 4.78 is 5.24. The lowest BCUT2D eigenvalue weighted by Crippen LogP contribution is -2.43. The first kappa shape index (κ1) is 17.9. The Morgan fingerprint density at radius 3 is 2.12 bits per heavy atom. The van der Waals surface area contributed by atoms with Gasteiger partial charge in [-0.05, 0) is 31.0 Å². The number of esters is 1. The molecule has 0 unspecified atom stereocenters. The molecule has 0 saturated carbocycles. The normalized spacial score (nSPS) is 22.5. The maximum Gasteiger partial charge on any atom is 0.322 e.